The summed E-state index contributed by atoms with van der Waals surface area (Å²) >= 11 is 0. The lowest BCUT2D eigenvalue weighted by Crippen LogP contribution is -1.94. The monoisotopic (exact) mass is 510 g/mol. The summed E-state index contributed by atoms with van der Waals surface area (Å²) in [5.74, 6) is 0. The van der Waals surface area contributed by atoms with E-state index in [-0.39, 0.29) is 0 Å². The van der Waals surface area contributed by atoms with E-state index in [0.29, 0.717) is 0 Å². The zero-order valence-corrected chi connectivity index (χ0v) is 22.5. The highest BCUT2D eigenvalue weighted by atomic mass is 14.3. The zero-order valence-electron chi connectivity index (χ0n) is 22.5. The first-order valence-electron chi connectivity index (χ1n) is 14.0. The molecular formula is C40H30. The van der Waals surface area contributed by atoms with Crippen molar-refractivity contribution in [1.29, 1.82) is 0 Å². The van der Waals surface area contributed by atoms with Gasteiger partial charge >= 0.3 is 0 Å². The molecule has 0 aliphatic heterocycles. The summed E-state index contributed by atoms with van der Waals surface area (Å²) in [6.45, 7) is 8.16. The second-order valence-corrected chi connectivity index (χ2v) is 10.4. The molecular weight excluding hydrogens is 480 g/mol. The first kappa shape index (κ1) is 24.1. The third kappa shape index (κ3) is 3.76. The summed E-state index contributed by atoms with van der Waals surface area (Å²) < 4.78 is 0. The molecule has 5 aromatic rings. The van der Waals surface area contributed by atoms with Crippen LogP contribution in [-0.4, -0.2) is 0 Å². The summed E-state index contributed by atoms with van der Waals surface area (Å²) in [6, 6.07) is 35.5. The highest BCUT2D eigenvalue weighted by Crippen LogP contribution is 2.56. The fourth-order valence-electron chi connectivity index (χ4n) is 6.48. The molecule has 0 spiro atoms. The highest BCUT2D eigenvalue weighted by Gasteiger charge is 2.30. The Morgan fingerprint density at radius 2 is 1.15 bits per heavy atom. The summed E-state index contributed by atoms with van der Waals surface area (Å²) in [4.78, 5) is 0. The molecule has 190 valence electrons. The second kappa shape index (κ2) is 9.98. The highest BCUT2D eigenvalue weighted by molar-refractivity contribution is 6.24. The van der Waals surface area contributed by atoms with E-state index in [4.69, 9.17) is 0 Å². The van der Waals surface area contributed by atoms with Crippen LogP contribution in [0.5, 0.6) is 0 Å². The van der Waals surface area contributed by atoms with Crippen molar-refractivity contribution in [2.75, 3.05) is 0 Å². The van der Waals surface area contributed by atoms with E-state index >= 15 is 0 Å². The van der Waals surface area contributed by atoms with E-state index in [2.05, 4.69) is 135 Å². The number of fused-ring (bicyclic) bond motifs is 3. The molecule has 0 heteroatoms. The van der Waals surface area contributed by atoms with Crippen LogP contribution in [0.2, 0.25) is 0 Å². The normalized spacial score (nSPS) is 13.7. The molecule has 0 heterocycles. The zero-order chi connectivity index (χ0) is 27.1. The Labute approximate surface area is 236 Å². The molecule has 0 saturated heterocycles. The van der Waals surface area contributed by atoms with Crippen LogP contribution < -0.4 is 0 Å². The average Bonchev–Trinajstić information content (AvgIpc) is 3.37. The van der Waals surface area contributed by atoms with Crippen LogP contribution in [0.3, 0.4) is 0 Å². The Hall–Kier alpha value is -4.94. The van der Waals surface area contributed by atoms with Crippen molar-refractivity contribution in [3.63, 3.8) is 0 Å². The molecule has 0 amide bonds. The van der Waals surface area contributed by atoms with E-state index in [1.54, 1.807) is 0 Å². The Balaban J connectivity index is 1.64. The van der Waals surface area contributed by atoms with Gasteiger partial charge in [0.25, 0.3) is 0 Å². The topological polar surface area (TPSA) is 0 Å². The molecule has 7 rings (SSSR count). The van der Waals surface area contributed by atoms with Crippen molar-refractivity contribution in [3.05, 3.63) is 158 Å². The molecule has 0 bridgehead atoms. The standard InChI is InChI=1S/C40H30/c1-3-14-27(4-2)31-23-25-35-38-33(29-17-10-6-11-18-29)21-22-34(30-19-12-7-13-20-30)39(38)36-26-24-32(37(31)40(35)36)28-15-8-5-9-16-28/h3-4,6-8,10-26H,1-2,5,9H2/b27-14+. The Kier molecular flexibility index (Phi) is 6.02. The van der Waals surface area contributed by atoms with Crippen LogP contribution in [0.15, 0.2) is 147 Å². The van der Waals surface area contributed by atoms with Gasteiger partial charge in [-0.2, -0.15) is 0 Å². The SMILES string of the molecule is C=C/C=C(\C=C)c1ccc2c3c(ccc(C4=CCCC=C4)c13)-c1c(-c3ccccc3)ccc(-c3ccccc3)c1-2. The van der Waals surface area contributed by atoms with E-state index in [1.807, 2.05) is 12.2 Å². The van der Waals surface area contributed by atoms with Crippen LogP contribution in [0, 0.1) is 0 Å². The summed E-state index contributed by atoms with van der Waals surface area (Å²) in [5, 5.41) is 2.61. The molecule has 5 aromatic carbocycles. The van der Waals surface area contributed by atoms with Crippen LogP contribution in [0.25, 0.3) is 66.4 Å². The van der Waals surface area contributed by atoms with Crippen molar-refractivity contribution in [1.82, 2.24) is 0 Å². The van der Waals surface area contributed by atoms with Crippen LogP contribution in [0.4, 0.5) is 0 Å². The third-order valence-corrected chi connectivity index (χ3v) is 8.21. The van der Waals surface area contributed by atoms with Gasteiger partial charge in [0.2, 0.25) is 0 Å². The van der Waals surface area contributed by atoms with Crippen molar-refractivity contribution in [2.24, 2.45) is 0 Å². The predicted octanol–water partition coefficient (Wildman–Crippen LogP) is 11.3. The smallest absolute Gasteiger partial charge is 0.00134 e. The number of hydrogen-bond acceptors (Lipinski definition) is 0. The molecule has 40 heavy (non-hydrogen) atoms. The van der Waals surface area contributed by atoms with Crippen LogP contribution in [0.1, 0.15) is 24.0 Å². The van der Waals surface area contributed by atoms with E-state index in [1.165, 1.54) is 72.0 Å². The maximum absolute atomic E-state index is 4.17. The van der Waals surface area contributed by atoms with Gasteiger partial charge in [0.05, 0.1) is 0 Å². The Bertz CT molecular complexity index is 1820. The molecule has 0 fully saturated rings. The van der Waals surface area contributed by atoms with Gasteiger partial charge in [0.1, 0.15) is 0 Å². The average molecular weight is 511 g/mol. The minimum atomic E-state index is 1.07. The molecule has 0 unspecified atom stereocenters. The number of benzene rings is 5. The summed E-state index contributed by atoms with van der Waals surface area (Å²) in [5.41, 5.74) is 15.1. The van der Waals surface area contributed by atoms with Crippen LogP contribution >= 0.6 is 0 Å². The van der Waals surface area contributed by atoms with Gasteiger partial charge in [0, 0.05) is 0 Å². The largest absolute Gasteiger partial charge is 0.0990 e. The van der Waals surface area contributed by atoms with Gasteiger partial charge in [0.15, 0.2) is 0 Å². The van der Waals surface area contributed by atoms with Gasteiger partial charge < -0.3 is 0 Å². The lowest BCUT2D eigenvalue weighted by Gasteiger charge is -2.17. The Morgan fingerprint density at radius 3 is 1.70 bits per heavy atom. The van der Waals surface area contributed by atoms with E-state index < -0.39 is 0 Å². The molecule has 0 aromatic heterocycles. The predicted molar refractivity (Wildman–Crippen MR) is 174 cm³/mol. The summed E-state index contributed by atoms with van der Waals surface area (Å²) in [6.07, 6.45) is 15.0. The molecule has 0 N–H and O–H groups in total. The van der Waals surface area contributed by atoms with Gasteiger partial charge in [-0.25, -0.2) is 0 Å². The lowest BCUT2D eigenvalue weighted by atomic mass is 9.86. The minimum absolute atomic E-state index is 1.07. The molecule has 2 aliphatic carbocycles. The maximum atomic E-state index is 4.17. The van der Waals surface area contributed by atoms with E-state index in [9.17, 15) is 0 Å². The van der Waals surface area contributed by atoms with E-state index in [0.717, 1.165) is 18.4 Å². The first-order chi connectivity index (χ1) is 19.8. The van der Waals surface area contributed by atoms with Gasteiger partial charge in [-0.1, -0.05) is 147 Å². The van der Waals surface area contributed by atoms with Crippen molar-refractivity contribution in [3.8, 4) is 44.5 Å². The molecule has 0 atom stereocenters. The molecule has 0 radical (unpaired) electrons. The second-order valence-electron chi connectivity index (χ2n) is 10.4. The third-order valence-electron chi connectivity index (χ3n) is 8.21. The lowest BCUT2D eigenvalue weighted by molar-refractivity contribution is 1.04. The minimum Gasteiger partial charge on any atom is -0.0990 e. The fourth-order valence-corrected chi connectivity index (χ4v) is 6.48. The number of hydrogen-bond donors (Lipinski definition) is 0. The molecule has 2 aliphatic rings. The number of rotatable bonds is 6. The fraction of sp³-hybridized carbons (Fsp3) is 0.0500. The molecule has 0 saturated carbocycles. The Morgan fingerprint density at radius 1 is 0.575 bits per heavy atom. The van der Waals surface area contributed by atoms with Gasteiger partial charge in [-0.05, 0) is 90.4 Å². The van der Waals surface area contributed by atoms with Crippen molar-refractivity contribution in [2.45, 2.75) is 12.8 Å². The van der Waals surface area contributed by atoms with Gasteiger partial charge in [-0.3, -0.25) is 0 Å². The first-order valence-corrected chi connectivity index (χ1v) is 14.0. The quantitative estimate of drug-likeness (QED) is 0.195. The van der Waals surface area contributed by atoms with Crippen LogP contribution in [-0.2, 0) is 0 Å². The molecule has 0 nitrogen and oxygen atoms in total. The van der Waals surface area contributed by atoms with Gasteiger partial charge in [-0.15, -0.1) is 0 Å². The maximum Gasteiger partial charge on any atom is -0.00134 e. The van der Waals surface area contributed by atoms with Crippen molar-refractivity contribution < 1.29 is 0 Å². The summed E-state index contributed by atoms with van der Waals surface area (Å²) in [7, 11) is 0. The number of allylic oxidation sites excluding steroid dienone is 8. The van der Waals surface area contributed by atoms with Crippen molar-refractivity contribution >= 4 is 21.9 Å².